The van der Waals surface area contributed by atoms with E-state index >= 15 is 0 Å². The summed E-state index contributed by atoms with van der Waals surface area (Å²) < 4.78 is 6.91. The third-order valence-corrected chi connectivity index (χ3v) is 3.90. The molecule has 2 rings (SSSR count). The van der Waals surface area contributed by atoms with Gasteiger partial charge in [0, 0.05) is 25.9 Å². The smallest absolute Gasteiger partial charge is 0.233 e. The maximum absolute atomic E-state index is 12.2. The van der Waals surface area contributed by atoms with Gasteiger partial charge in [-0.3, -0.25) is 9.59 Å². The van der Waals surface area contributed by atoms with Gasteiger partial charge in [-0.15, -0.1) is 10.2 Å². The molecule has 0 bridgehead atoms. The molecule has 0 saturated carbocycles. The minimum Gasteiger partial charge on any atom is -0.385 e. The van der Waals surface area contributed by atoms with Gasteiger partial charge in [0.15, 0.2) is 5.82 Å². The standard InChI is InChI=1S/C18H25N5O3/c1-13-7-4-5-8-15(13)21-17(25)11-16(24)20-14(2)18-22-19-12-23(18)9-6-10-26-3/h4-5,7-8,12,14H,6,9-11H2,1-3H3,(H,20,24)(H,21,25)/t14-/m1/s1. The minimum absolute atomic E-state index is 0.253. The van der Waals surface area contributed by atoms with Gasteiger partial charge in [0.1, 0.15) is 12.7 Å². The van der Waals surface area contributed by atoms with Crippen LogP contribution in [0.1, 0.15) is 37.2 Å². The summed E-state index contributed by atoms with van der Waals surface area (Å²) in [5.41, 5.74) is 1.65. The van der Waals surface area contributed by atoms with Gasteiger partial charge in [0.05, 0.1) is 6.04 Å². The Morgan fingerprint density at radius 3 is 2.77 bits per heavy atom. The van der Waals surface area contributed by atoms with E-state index in [0.717, 1.165) is 12.0 Å². The molecule has 0 unspecified atom stereocenters. The van der Waals surface area contributed by atoms with Crippen molar-refractivity contribution in [3.05, 3.63) is 42.0 Å². The topological polar surface area (TPSA) is 98.1 Å². The molecule has 8 heteroatoms. The number of anilines is 1. The second-order valence-electron chi connectivity index (χ2n) is 6.06. The number of para-hydroxylation sites is 1. The Labute approximate surface area is 153 Å². The second kappa shape index (κ2) is 9.67. The van der Waals surface area contributed by atoms with Crippen LogP contribution in [0.15, 0.2) is 30.6 Å². The Kier molecular flexibility index (Phi) is 7.28. The fourth-order valence-electron chi connectivity index (χ4n) is 2.56. The van der Waals surface area contributed by atoms with Crippen LogP contribution in [0.3, 0.4) is 0 Å². The van der Waals surface area contributed by atoms with Crippen molar-refractivity contribution in [2.75, 3.05) is 19.0 Å². The first kappa shape index (κ1) is 19.6. The van der Waals surface area contributed by atoms with Crippen LogP contribution in [-0.2, 0) is 20.9 Å². The first-order chi connectivity index (χ1) is 12.5. The van der Waals surface area contributed by atoms with Crippen LogP contribution in [0.5, 0.6) is 0 Å². The highest BCUT2D eigenvalue weighted by Crippen LogP contribution is 2.14. The van der Waals surface area contributed by atoms with Crippen LogP contribution in [0, 0.1) is 6.92 Å². The first-order valence-corrected chi connectivity index (χ1v) is 8.52. The molecule has 0 fully saturated rings. The Morgan fingerprint density at radius 2 is 2.04 bits per heavy atom. The molecule has 1 aromatic carbocycles. The number of aromatic nitrogens is 3. The average molecular weight is 359 g/mol. The zero-order valence-electron chi connectivity index (χ0n) is 15.4. The molecule has 0 saturated heterocycles. The summed E-state index contributed by atoms with van der Waals surface area (Å²) in [6, 6.07) is 7.08. The van der Waals surface area contributed by atoms with Crippen molar-refractivity contribution in [3.63, 3.8) is 0 Å². The minimum atomic E-state index is -0.366. The van der Waals surface area contributed by atoms with E-state index in [-0.39, 0.29) is 24.3 Å². The average Bonchev–Trinajstić information content (AvgIpc) is 3.05. The van der Waals surface area contributed by atoms with E-state index in [0.29, 0.717) is 24.7 Å². The highest BCUT2D eigenvalue weighted by Gasteiger charge is 2.17. The number of aryl methyl sites for hydroxylation is 2. The summed E-state index contributed by atoms with van der Waals surface area (Å²) in [5, 5.41) is 13.5. The predicted octanol–water partition coefficient (Wildman–Crippen LogP) is 1.83. The lowest BCUT2D eigenvalue weighted by molar-refractivity contribution is -0.127. The van der Waals surface area contributed by atoms with E-state index in [9.17, 15) is 9.59 Å². The van der Waals surface area contributed by atoms with E-state index in [1.807, 2.05) is 36.6 Å². The molecule has 2 amide bonds. The van der Waals surface area contributed by atoms with Gasteiger partial charge in [-0.25, -0.2) is 0 Å². The molecule has 0 radical (unpaired) electrons. The van der Waals surface area contributed by atoms with Crippen LogP contribution < -0.4 is 10.6 Å². The summed E-state index contributed by atoms with van der Waals surface area (Å²) in [7, 11) is 1.65. The molecule has 8 nitrogen and oxygen atoms in total. The molecule has 26 heavy (non-hydrogen) atoms. The van der Waals surface area contributed by atoms with Gasteiger partial charge >= 0.3 is 0 Å². The monoisotopic (exact) mass is 359 g/mol. The SMILES string of the molecule is COCCCn1cnnc1[C@@H](C)NC(=O)CC(=O)Nc1ccccc1C. The number of methoxy groups -OCH3 is 1. The molecule has 0 aliphatic rings. The second-order valence-corrected chi connectivity index (χ2v) is 6.06. The van der Waals surface area contributed by atoms with E-state index in [2.05, 4.69) is 20.8 Å². The highest BCUT2D eigenvalue weighted by molar-refractivity contribution is 6.03. The van der Waals surface area contributed by atoms with Crippen LogP contribution in [0.25, 0.3) is 0 Å². The molecule has 1 heterocycles. The van der Waals surface area contributed by atoms with Crippen molar-refractivity contribution in [1.82, 2.24) is 20.1 Å². The number of nitrogens with zero attached hydrogens (tertiary/aromatic N) is 3. The van der Waals surface area contributed by atoms with Gasteiger partial charge in [-0.2, -0.15) is 0 Å². The van der Waals surface area contributed by atoms with Crippen molar-refractivity contribution in [2.24, 2.45) is 0 Å². The Balaban J connectivity index is 1.86. The zero-order chi connectivity index (χ0) is 18.9. The van der Waals surface area contributed by atoms with E-state index in [1.54, 1.807) is 19.5 Å². The molecular formula is C18H25N5O3. The maximum atomic E-state index is 12.2. The fourth-order valence-corrected chi connectivity index (χ4v) is 2.56. The van der Waals surface area contributed by atoms with E-state index < -0.39 is 0 Å². The van der Waals surface area contributed by atoms with Crippen LogP contribution in [0.4, 0.5) is 5.69 Å². The molecule has 140 valence electrons. The predicted molar refractivity (Wildman–Crippen MR) is 97.5 cm³/mol. The van der Waals surface area contributed by atoms with Crippen molar-refractivity contribution in [2.45, 2.75) is 39.3 Å². The summed E-state index contributed by atoms with van der Waals surface area (Å²) in [6.07, 6.45) is 2.19. The van der Waals surface area contributed by atoms with Crippen LogP contribution >= 0.6 is 0 Å². The lowest BCUT2D eigenvalue weighted by atomic mass is 10.2. The quantitative estimate of drug-likeness (QED) is 0.526. The molecule has 0 spiro atoms. The lowest BCUT2D eigenvalue weighted by Gasteiger charge is -2.15. The highest BCUT2D eigenvalue weighted by atomic mass is 16.5. The third-order valence-electron chi connectivity index (χ3n) is 3.90. The fraction of sp³-hybridized carbons (Fsp3) is 0.444. The number of nitrogens with one attached hydrogen (secondary N) is 2. The summed E-state index contributed by atoms with van der Waals surface area (Å²) >= 11 is 0. The third kappa shape index (κ3) is 5.66. The van der Waals surface area contributed by atoms with Crippen LogP contribution in [-0.4, -0.2) is 40.3 Å². The zero-order valence-corrected chi connectivity index (χ0v) is 15.4. The van der Waals surface area contributed by atoms with Gasteiger partial charge in [-0.05, 0) is 31.9 Å². The normalized spacial score (nSPS) is 11.8. The van der Waals surface area contributed by atoms with Crippen LogP contribution in [0.2, 0.25) is 0 Å². The van der Waals surface area contributed by atoms with Crippen molar-refractivity contribution in [1.29, 1.82) is 0 Å². The summed E-state index contributed by atoms with van der Waals surface area (Å²) in [6.45, 7) is 5.05. The van der Waals surface area contributed by atoms with Crippen molar-refractivity contribution in [3.8, 4) is 0 Å². The lowest BCUT2D eigenvalue weighted by Crippen LogP contribution is -2.31. The Bertz CT molecular complexity index is 744. The number of ether oxygens (including phenoxy) is 1. The van der Waals surface area contributed by atoms with Gasteiger partial charge in [0.2, 0.25) is 11.8 Å². The Hall–Kier alpha value is -2.74. The Morgan fingerprint density at radius 1 is 1.27 bits per heavy atom. The number of amides is 2. The number of hydrogen-bond donors (Lipinski definition) is 2. The summed E-state index contributed by atoms with van der Waals surface area (Å²) in [4.78, 5) is 24.2. The number of hydrogen-bond acceptors (Lipinski definition) is 5. The van der Waals surface area contributed by atoms with Crippen molar-refractivity contribution < 1.29 is 14.3 Å². The van der Waals surface area contributed by atoms with E-state index in [1.165, 1.54) is 0 Å². The summed E-state index contributed by atoms with van der Waals surface area (Å²) in [5.74, 6) is -0.0747. The van der Waals surface area contributed by atoms with Gasteiger partial charge < -0.3 is 19.9 Å². The molecular weight excluding hydrogens is 334 g/mol. The molecule has 1 atom stereocenters. The van der Waals surface area contributed by atoms with Gasteiger partial charge in [0.25, 0.3) is 0 Å². The largest absolute Gasteiger partial charge is 0.385 e. The number of benzene rings is 1. The maximum Gasteiger partial charge on any atom is 0.233 e. The first-order valence-electron chi connectivity index (χ1n) is 8.52. The molecule has 0 aliphatic heterocycles. The number of carbonyl (C=O) groups excluding carboxylic acids is 2. The molecule has 2 N–H and O–H groups in total. The molecule has 2 aromatic rings. The number of rotatable bonds is 9. The van der Waals surface area contributed by atoms with Gasteiger partial charge in [-0.1, -0.05) is 18.2 Å². The molecule has 0 aliphatic carbocycles. The molecule has 1 aromatic heterocycles. The number of carbonyl (C=O) groups is 2. The van der Waals surface area contributed by atoms with Crippen molar-refractivity contribution >= 4 is 17.5 Å². The van der Waals surface area contributed by atoms with E-state index in [4.69, 9.17) is 4.74 Å².